The van der Waals surface area contributed by atoms with Crippen molar-refractivity contribution < 1.29 is 13.2 Å². The lowest BCUT2D eigenvalue weighted by atomic mass is 9.87. The van der Waals surface area contributed by atoms with Crippen LogP contribution < -0.4 is 0 Å². The summed E-state index contributed by atoms with van der Waals surface area (Å²) in [6, 6.07) is 1.26. The van der Waals surface area contributed by atoms with Crippen LogP contribution in [0.1, 0.15) is 41.0 Å². The van der Waals surface area contributed by atoms with Gasteiger partial charge in [0.15, 0.2) is 0 Å². The van der Waals surface area contributed by atoms with Crippen LogP contribution >= 0.6 is 0 Å². The third-order valence-electron chi connectivity index (χ3n) is 5.80. The van der Waals surface area contributed by atoms with E-state index in [0.717, 1.165) is 19.5 Å². The number of amides is 2. The molecule has 0 saturated carbocycles. The van der Waals surface area contributed by atoms with Crippen molar-refractivity contribution in [3.05, 3.63) is 0 Å². The molecule has 2 unspecified atom stereocenters. The summed E-state index contributed by atoms with van der Waals surface area (Å²) < 4.78 is 25.8. The zero-order chi connectivity index (χ0) is 18.6. The van der Waals surface area contributed by atoms with Gasteiger partial charge < -0.3 is 9.80 Å². The van der Waals surface area contributed by atoms with Crippen molar-refractivity contribution in [2.24, 2.45) is 0 Å². The molecule has 144 valence electrons. The van der Waals surface area contributed by atoms with Gasteiger partial charge in [-0.15, -0.1) is 0 Å². The second kappa shape index (κ2) is 6.39. The highest BCUT2D eigenvalue weighted by molar-refractivity contribution is 7.90. The molecular formula is C17H32N4O3S. The van der Waals surface area contributed by atoms with E-state index in [4.69, 9.17) is 0 Å². The van der Waals surface area contributed by atoms with Gasteiger partial charge in [0, 0.05) is 57.4 Å². The van der Waals surface area contributed by atoms with E-state index in [0.29, 0.717) is 44.3 Å². The van der Waals surface area contributed by atoms with Crippen molar-refractivity contribution in [3.63, 3.8) is 0 Å². The van der Waals surface area contributed by atoms with Crippen molar-refractivity contribution in [1.29, 1.82) is 0 Å². The fraction of sp³-hybridized carbons (Fsp3) is 0.941. The Morgan fingerprint density at radius 2 is 1.52 bits per heavy atom. The fourth-order valence-corrected chi connectivity index (χ4v) is 5.47. The summed E-state index contributed by atoms with van der Waals surface area (Å²) in [5.74, 6) is 0. The van der Waals surface area contributed by atoms with Crippen LogP contribution in [0.4, 0.5) is 4.79 Å². The lowest BCUT2D eigenvalue weighted by Crippen LogP contribution is -2.73. The Balaban J connectivity index is 1.57. The Hall–Kier alpha value is -0.860. The quantitative estimate of drug-likeness (QED) is 0.726. The molecule has 2 atom stereocenters. The van der Waals surface area contributed by atoms with Crippen LogP contribution in [-0.2, 0) is 10.0 Å². The molecule has 4 heterocycles. The smallest absolute Gasteiger partial charge is 0.320 e. The number of fused-ring (bicyclic) bond motifs is 2. The van der Waals surface area contributed by atoms with Crippen LogP contribution in [-0.4, -0.2) is 95.6 Å². The molecule has 0 spiro atoms. The third kappa shape index (κ3) is 3.28. The van der Waals surface area contributed by atoms with Crippen LogP contribution in [0.25, 0.3) is 0 Å². The summed E-state index contributed by atoms with van der Waals surface area (Å²) in [5.41, 5.74) is 0. The number of carbonyl (C=O) groups excluding carboxylic acids is 1. The molecule has 0 aromatic rings. The molecule has 4 fully saturated rings. The van der Waals surface area contributed by atoms with Gasteiger partial charge in [0.2, 0.25) is 10.0 Å². The second-order valence-corrected chi connectivity index (χ2v) is 11.5. The molecule has 4 saturated heterocycles. The molecule has 8 heteroatoms. The van der Waals surface area contributed by atoms with E-state index < -0.39 is 14.8 Å². The van der Waals surface area contributed by atoms with Gasteiger partial charge >= 0.3 is 6.03 Å². The summed E-state index contributed by atoms with van der Waals surface area (Å²) in [6.07, 6.45) is 1.10. The summed E-state index contributed by atoms with van der Waals surface area (Å²) >= 11 is 0. The summed E-state index contributed by atoms with van der Waals surface area (Å²) in [5, 5.41) is 0. The monoisotopic (exact) mass is 372 g/mol. The topological polar surface area (TPSA) is 64.2 Å². The Morgan fingerprint density at radius 3 is 1.96 bits per heavy atom. The first-order valence-corrected chi connectivity index (χ1v) is 10.8. The third-order valence-corrected chi connectivity index (χ3v) is 8.39. The standard InChI is InChI=1S/C17H32N4O3S/c1-13(2)19-11-14-10-15(12-19)21(14)16(22)18-6-8-20(9-7-18)25(23,24)17(3,4)5/h13-15H,6-12H2,1-5H3. The summed E-state index contributed by atoms with van der Waals surface area (Å²) in [7, 11) is -3.32. The van der Waals surface area contributed by atoms with Gasteiger partial charge in [-0.2, -0.15) is 4.31 Å². The molecule has 0 radical (unpaired) electrons. The highest BCUT2D eigenvalue weighted by atomic mass is 32.2. The van der Waals surface area contributed by atoms with Gasteiger partial charge in [-0.25, -0.2) is 13.2 Å². The number of hydrogen-bond acceptors (Lipinski definition) is 4. The molecule has 2 bridgehead atoms. The molecule has 7 nitrogen and oxygen atoms in total. The van der Waals surface area contributed by atoms with Gasteiger partial charge in [0.25, 0.3) is 0 Å². The molecule has 4 aliphatic rings. The predicted octanol–water partition coefficient (Wildman–Crippen LogP) is 1.02. The molecule has 4 aliphatic heterocycles. The number of rotatable bonds is 2. The molecule has 0 N–H and O–H groups in total. The van der Waals surface area contributed by atoms with Crippen LogP contribution in [0, 0.1) is 0 Å². The van der Waals surface area contributed by atoms with Gasteiger partial charge in [-0.3, -0.25) is 4.90 Å². The number of carbonyl (C=O) groups is 1. The van der Waals surface area contributed by atoms with Gasteiger partial charge in [-0.1, -0.05) is 0 Å². The largest absolute Gasteiger partial charge is 0.322 e. The minimum absolute atomic E-state index is 0.0949. The van der Waals surface area contributed by atoms with E-state index in [1.54, 1.807) is 20.8 Å². The maximum Gasteiger partial charge on any atom is 0.320 e. The first-order valence-electron chi connectivity index (χ1n) is 9.33. The first kappa shape index (κ1) is 18.9. The fourth-order valence-electron chi connectivity index (χ4n) is 4.05. The molecule has 0 aromatic carbocycles. The highest BCUT2D eigenvalue weighted by Gasteiger charge is 2.49. The van der Waals surface area contributed by atoms with Crippen molar-refractivity contribution in [1.82, 2.24) is 19.0 Å². The summed E-state index contributed by atoms with van der Waals surface area (Å²) in [4.78, 5) is 19.2. The van der Waals surface area contributed by atoms with Gasteiger partial charge in [0.1, 0.15) is 0 Å². The Kier molecular flexibility index (Phi) is 4.83. The van der Waals surface area contributed by atoms with Gasteiger partial charge in [-0.05, 0) is 41.0 Å². The van der Waals surface area contributed by atoms with E-state index in [-0.39, 0.29) is 6.03 Å². The number of sulfonamides is 1. The Labute approximate surface area is 152 Å². The number of piperidine rings is 1. The van der Waals surface area contributed by atoms with Crippen molar-refractivity contribution in [2.75, 3.05) is 39.3 Å². The van der Waals surface area contributed by atoms with E-state index in [2.05, 4.69) is 18.7 Å². The number of nitrogens with zero attached hydrogens (tertiary/aromatic N) is 4. The van der Waals surface area contributed by atoms with E-state index in [9.17, 15) is 13.2 Å². The van der Waals surface area contributed by atoms with Crippen LogP contribution in [0.3, 0.4) is 0 Å². The highest BCUT2D eigenvalue weighted by Crippen LogP contribution is 2.34. The lowest BCUT2D eigenvalue weighted by molar-refractivity contribution is -0.0567. The maximum absolute atomic E-state index is 12.9. The molecule has 0 aromatic heterocycles. The average Bonchev–Trinajstić information content (AvgIpc) is 2.53. The van der Waals surface area contributed by atoms with Crippen LogP contribution in [0.2, 0.25) is 0 Å². The van der Waals surface area contributed by atoms with E-state index >= 15 is 0 Å². The Bertz CT molecular complexity index is 608. The first-order chi connectivity index (χ1) is 11.5. The minimum Gasteiger partial charge on any atom is -0.322 e. The SMILES string of the molecule is CC(C)N1CC2CC(C1)N2C(=O)N1CCN(S(=O)(=O)C(C)(C)C)CC1. The molecular weight excluding hydrogens is 340 g/mol. The normalized spacial score (nSPS) is 29.0. The zero-order valence-electron chi connectivity index (χ0n) is 16.1. The number of piperazine rings is 2. The second-order valence-electron chi connectivity index (χ2n) is 8.78. The Morgan fingerprint density at radius 1 is 1.00 bits per heavy atom. The molecule has 4 rings (SSSR count). The predicted molar refractivity (Wildman–Crippen MR) is 98.0 cm³/mol. The van der Waals surface area contributed by atoms with Crippen LogP contribution in [0.5, 0.6) is 0 Å². The van der Waals surface area contributed by atoms with E-state index in [1.807, 2.05) is 9.80 Å². The maximum atomic E-state index is 12.9. The number of hydrogen-bond donors (Lipinski definition) is 0. The zero-order valence-corrected chi connectivity index (χ0v) is 16.9. The molecule has 2 amide bonds. The summed E-state index contributed by atoms with van der Waals surface area (Å²) in [6.45, 7) is 13.2. The minimum atomic E-state index is -3.32. The lowest BCUT2D eigenvalue weighted by Gasteiger charge is -2.58. The number of urea groups is 1. The van der Waals surface area contributed by atoms with Gasteiger partial charge in [0.05, 0.1) is 4.75 Å². The van der Waals surface area contributed by atoms with Crippen molar-refractivity contribution in [2.45, 2.75) is 63.9 Å². The average molecular weight is 373 g/mol. The van der Waals surface area contributed by atoms with Crippen molar-refractivity contribution in [3.8, 4) is 0 Å². The van der Waals surface area contributed by atoms with E-state index in [1.165, 1.54) is 4.31 Å². The van der Waals surface area contributed by atoms with Crippen LogP contribution in [0.15, 0.2) is 0 Å². The molecule has 0 aliphatic carbocycles. The molecule has 25 heavy (non-hydrogen) atoms. The van der Waals surface area contributed by atoms with Crippen molar-refractivity contribution >= 4 is 16.1 Å².